The van der Waals surface area contributed by atoms with Crippen LogP contribution in [-0.2, 0) is 22.6 Å². The third-order valence-corrected chi connectivity index (χ3v) is 5.01. The van der Waals surface area contributed by atoms with Gasteiger partial charge in [-0.05, 0) is 35.7 Å². The molecular weight excluding hydrogens is 354 g/mol. The van der Waals surface area contributed by atoms with Gasteiger partial charge in [0, 0.05) is 35.6 Å². The summed E-state index contributed by atoms with van der Waals surface area (Å²) in [7, 11) is 0. The zero-order valence-electron chi connectivity index (χ0n) is 15.8. The van der Waals surface area contributed by atoms with Gasteiger partial charge in [0.1, 0.15) is 0 Å². The average molecular weight is 379 g/mol. The summed E-state index contributed by atoms with van der Waals surface area (Å²) < 4.78 is 2.17. The molecule has 0 radical (unpaired) electrons. The van der Waals surface area contributed by atoms with Crippen molar-refractivity contribution in [3.8, 4) is 0 Å². The Morgan fingerprint density at radius 2 is 1.86 bits per heavy atom. The van der Waals surface area contributed by atoms with Crippen molar-refractivity contribution in [2.75, 3.05) is 0 Å². The normalized spacial score (nSPS) is 12.1. The fraction of sp³-hybridized carbons (Fsp3) is 0.238. The van der Waals surface area contributed by atoms with Crippen LogP contribution in [0, 0.1) is 6.92 Å². The van der Waals surface area contributed by atoms with Crippen LogP contribution < -0.4 is 22.7 Å². The van der Waals surface area contributed by atoms with Gasteiger partial charge in [0.25, 0.3) is 0 Å². The van der Waals surface area contributed by atoms with Gasteiger partial charge in [0.05, 0.1) is 6.42 Å². The van der Waals surface area contributed by atoms with Crippen LogP contribution in [0.1, 0.15) is 34.8 Å². The molecule has 1 heterocycles. The number of hydrogen-bond acceptors (Lipinski definition) is 4. The van der Waals surface area contributed by atoms with E-state index in [-0.39, 0.29) is 24.7 Å². The molecular formula is C21H25N5O2. The highest BCUT2D eigenvalue weighted by atomic mass is 16.2. The van der Waals surface area contributed by atoms with Crippen molar-refractivity contribution < 1.29 is 9.59 Å². The van der Waals surface area contributed by atoms with Crippen molar-refractivity contribution >= 4 is 22.7 Å². The first-order valence-electron chi connectivity index (χ1n) is 9.09. The molecule has 146 valence electrons. The average Bonchev–Trinajstić information content (AvgIpc) is 2.93. The van der Waals surface area contributed by atoms with Gasteiger partial charge in [-0.1, -0.05) is 36.4 Å². The standard InChI is InChI=1S/C21H25N5O2/c1-13-16(10-20(23)27)17-9-15(18(22)11-21(28)25-24)7-8-19(17)26(13)12-14-5-3-2-4-6-14/h2-9,18H,10-12,22,24H2,1H3,(H2,23,27)(H,25,28). The minimum atomic E-state index is -0.493. The lowest BCUT2D eigenvalue weighted by Gasteiger charge is -2.12. The van der Waals surface area contributed by atoms with Crippen molar-refractivity contribution in [1.82, 2.24) is 9.99 Å². The molecule has 7 heteroatoms. The summed E-state index contributed by atoms with van der Waals surface area (Å²) in [6.07, 6.45) is 0.225. The number of hydrogen-bond donors (Lipinski definition) is 4. The summed E-state index contributed by atoms with van der Waals surface area (Å²) in [6, 6.07) is 15.4. The Bertz CT molecular complexity index is 1010. The van der Waals surface area contributed by atoms with Gasteiger partial charge in [-0.25, -0.2) is 5.84 Å². The maximum Gasteiger partial charge on any atom is 0.235 e. The first-order valence-corrected chi connectivity index (χ1v) is 9.09. The summed E-state index contributed by atoms with van der Waals surface area (Å²) in [5.74, 6) is 4.43. The van der Waals surface area contributed by atoms with Crippen LogP contribution >= 0.6 is 0 Å². The number of rotatable bonds is 7. The summed E-state index contributed by atoms with van der Waals surface area (Å²) in [5.41, 5.74) is 18.6. The number of nitrogens with one attached hydrogen (secondary N) is 1. The SMILES string of the molecule is Cc1c(CC(N)=O)c2cc(C(N)CC(=O)NN)ccc2n1Cc1ccccc1. The summed E-state index contributed by atoms with van der Waals surface area (Å²) in [5, 5.41) is 0.924. The van der Waals surface area contributed by atoms with Crippen molar-refractivity contribution in [3.05, 3.63) is 70.9 Å². The van der Waals surface area contributed by atoms with E-state index in [1.165, 1.54) is 0 Å². The molecule has 7 N–H and O–H groups in total. The van der Waals surface area contributed by atoms with Crippen LogP contribution in [0.3, 0.4) is 0 Å². The highest BCUT2D eigenvalue weighted by Gasteiger charge is 2.18. The van der Waals surface area contributed by atoms with E-state index in [9.17, 15) is 9.59 Å². The Labute approximate surface area is 163 Å². The van der Waals surface area contributed by atoms with Crippen LogP contribution in [0.4, 0.5) is 0 Å². The second-order valence-electron chi connectivity index (χ2n) is 6.93. The Morgan fingerprint density at radius 1 is 1.14 bits per heavy atom. The summed E-state index contributed by atoms with van der Waals surface area (Å²) in [6.45, 7) is 2.67. The molecule has 3 rings (SSSR count). The third-order valence-electron chi connectivity index (χ3n) is 5.01. The molecule has 7 nitrogen and oxygen atoms in total. The third kappa shape index (κ3) is 4.05. The van der Waals surface area contributed by atoms with Crippen molar-refractivity contribution in [2.45, 2.75) is 32.4 Å². The van der Waals surface area contributed by atoms with E-state index in [2.05, 4.69) is 22.1 Å². The first kappa shape index (κ1) is 19.6. The fourth-order valence-corrected chi connectivity index (χ4v) is 3.54. The lowest BCUT2D eigenvalue weighted by Crippen LogP contribution is -2.32. The maximum atomic E-state index is 11.7. The van der Waals surface area contributed by atoms with E-state index < -0.39 is 6.04 Å². The molecule has 0 saturated carbocycles. The van der Waals surface area contributed by atoms with Gasteiger partial charge < -0.3 is 16.0 Å². The van der Waals surface area contributed by atoms with Gasteiger partial charge in [-0.2, -0.15) is 0 Å². The zero-order valence-corrected chi connectivity index (χ0v) is 15.8. The smallest absolute Gasteiger partial charge is 0.235 e. The van der Waals surface area contributed by atoms with Gasteiger partial charge >= 0.3 is 0 Å². The minimum Gasteiger partial charge on any atom is -0.369 e. The van der Waals surface area contributed by atoms with Crippen LogP contribution in [0.5, 0.6) is 0 Å². The largest absolute Gasteiger partial charge is 0.369 e. The number of amides is 2. The van der Waals surface area contributed by atoms with Crippen molar-refractivity contribution in [2.24, 2.45) is 17.3 Å². The number of carbonyl (C=O) groups excluding carboxylic acids is 2. The molecule has 1 atom stereocenters. The minimum absolute atomic E-state index is 0.0802. The highest BCUT2D eigenvalue weighted by molar-refractivity contribution is 5.91. The van der Waals surface area contributed by atoms with Crippen LogP contribution in [0.25, 0.3) is 10.9 Å². The molecule has 0 fully saturated rings. The second kappa shape index (κ2) is 8.24. The molecule has 0 saturated heterocycles. The van der Waals surface area contributed by atoms with E-state index in [4.69, 9.17) is 17.3 Å². The molecule has 1 unspecified atom stereocenters. The van der Waals surface area contributed by atoms with E-state index in [0.29, 0.717) is 6.54 Å². The van der Waals surface area contributed by atoms with Crippen LogP contribution in [0.15, 0.2) is 48.5 Å². The van der Waals surface area contributed by atoms with Crippen molar-refractivity contribution in [3.63, 3.8) is 0 Å². The maximum absolute atomic E-state index is 11.7. The topological polar surface area (TPSA) is 129 Å². The number of nitrogens with zero attached hydrogens (tertiary/aromatic N) is 1. The quantitative estimate of drug-likeness (QED) is 0.281. The zero-order chi connectivity index (χ0) is 20.3. The monoisotopic (exact) mass is 379 g/mol. The van der Waals surface area contributed by atoms with Gasteiger partial charge in [0.2, 0.25) is 11.8 Å². The molecule has 2 aromatic carbocycles. The molecule has 1 aromatic heterocycles. The van der Waals surface area contributed by atoms with Crippen LogP contribution in [0.2, 0.25) is 0 Å². The number of fused-ring (bicyclic) bond motifs is 1. The second-order valence-corrected chi connectivity index (χ2v) is 6.93. The molecule has 3 aromatic rings. The number of hydrazine groups is 1. The summed E-state index contributed by atoms with van der Waals surface area (Å²) >= 11 is 0. The van der Waals surface area contributed by atoms with E-state index in [0.717, 1.165) is 33.3 Å². The summed E-state index contributed by atoms with van der Waals surface area (Å²) in [4.78, 5) is 23.2. The number of carbonyl (C=O) groups is 2. The molecule has 2 amide bonds. The Kier molecular flexibility index (Phi) is 5.77. The molecule has 0 aliphatic carbocycles. The predicted molar refractivity (Wildman–Crippen MR) is 109 cm³/mol. The fourth-order valence-electron chi connectivity index (χ4n) is 3.54. The lowest BCUT2D eigenvalue weighted by atomic mass is 10.00. The molecule has 28 heavy (non-hydrogen) atoms. The lowest BCUT2D eigenvalue weighted by molar-refractivity contribution is -0.121. The number of primary amides is 1. The van der Waals surface area contributed by atoms with Gasteiger partial charge in [0.15, 0.2) is 0 Å². The van der Waals surface area contributed by atoms with Gasteiger partial charge in [-0.15, -0.1) is 0 Å². The Morgan fingerprint density at radius 3 is 2.50 bits per heavy atom. The molecule has 0 bridgehead atoms. The van der Waals surface area contributed by atoms with Crippen molar-refractivity contribution in [1.29, 1.82) is 0 Å². The Balaban J connectivity index is 2.08. The molecule has 0 spiro atoms. The Hall–Kier alpha value is -3.16. The van der Waals surface area contributed by atoms with E-state index in [1.54, 1.807) is 0 Å². The number of aromatic nitrogens is 1. The molecule has 0 aliphatic rings. The van der Waals surface area contributed by atoms with E-state index >= 15 is 0 Å². The van der Waals surface area contributed by atoms with Gasteiger partial charge in [-0.3, -0.25) is 15.0 Å². The highest BCUT2D eigenvalue weighted by Crippen LogP contribution is 2.30. The van der Waals surface area contributed by atoms with E-state index in [1.807, 2.05) is 43.3 Å². The predicted octanol–water partition coefficient (Wildman–Crippen LogP) is 1.41. The molecule has 0 aliphatic heterocycles. The van der Waals surface area contributed by atoms with Crippen LogP contribution in [-0.4, -0.2) is 16.4 Å². The first-order chi connectivity index (χ1) is 13.4. The number of benzene rings is 2. The number of nitrogens with two attached hydrogens (primary N) is 3.